The number of carbonyl (C=O) groups excluding carboxylic acids is 2. The third kappa shape index (κ3) is 3.46. The van der Waals surface area contributed by atoms with Crippen molar-refractivity contribution in [2.75, 3.05) is 6.54 Å². The Bertz CT molecular complexity index is 385. The third-order valence-electron chi connectivity index (χ3n) is 2.11. The molecule has 0 heterocycles. The second kappa shape index (κ2) is 5.39. The largest absolute Gasteiger partial charge is 0.348 e. The molecule has 0 aliphatic carbocycles. The van der Waals surface area contributed by atoms with E-state index in [0.717, 1.165) is 0 Å². The van der Waals surface area contributed by atoms with E-state index in [1.165, 1.54) is 24.3 Å². The lowest BCUT2D eigenvalue weighted by molar-refractivity contribution is -0.123. The van der Waals surface area contributed by atoms with E-state index >= 15 is 0 Å². The van der Waals surface area contributed by atoms with Crippen molar-refractivity contribution in [1.82, 2.24) is 5.32 Å². The van der Waals surface area contributed by atoms with Crippen molar-refractivity contribution in [3.05, 3.63) is 35.6 Å². The molecule has 0 radical (unpaired) electrons. The van der Waals surface area contributed by atoms with Gasteiger partial charge in [0.15, 0.2) is 5.78 Å². The van der Waals surface area contributed by atoms with Crippen LogP contribution in [0, 0.1) is 11.7 Å². The highest BCUT2D eigenvalue weighted by Gasteiger charge is 2.10. The number of Topliss-reactive ketones (excluding diaryl/α,β-unsaturated/α-hetero) is 1. The Labute approximate surface area is 93.7 Å². The molecular formula is C12H14FNO2. The fourth-order valence-electron chi connectivity index (χ4n) is 1.11. The van der Waals surface area contributed by atoms with Crippen molar-refractivity contribution >= 4 is 11.7 Å². The smallest absolute Gasteiger partial charge is 0.222 e. The molecule has 4 heteroatoms. The van der Waals surface area contributed by atoms with Crippen LogP contribution in [-0.4, -0.2) is 18.2 Å². The van der Waals surface area contributed by atoms with Gasteiger partial charge >= 0.3 is 0 Å². The minimum Gasteiger partial charge on any atom is -0.348 e. The molecule has 0 bridgehead atoms. The molecule has 0 unspecified atom stereocenters. The third-order valence-corrected chi connectivity index (χ3v) is 2.11. The van der Waals surface area contributed by atoms with Gasteiger partial charge in [0.05, 0.1) is 6.54 Å². The topological polar surface area (TPSA) is 46.2 Å². The average Bonchev–Trinajstić information content (AvgIpc) is 2.26. The molecule has 0 aliphatic rings. The van der Waals surface area contributed by atoms with Crippen LogP contribution in [0.4, 0.5) is 4.39 Å². The molecule has 1 aromatic carbocycles. The van der Waals surface area contributed by atoms with Gasteiger partial charge in [0.2, 0.25) is 5.91 Å². The molecule has 1 aromatic rings. The van der Waals surface area contributed by atoms with Crippen molar-refractivity contribution < 1.29 is 14.0 Å². The van der Waals surface area contributed by atoms with Crippen molar-refractivity contribution in [3.63, 3.8) is 0 Å². The Morgan fingerprint density at radius 2 is 1.81 bits per heavy atom. The molecule has 0 spiro atoms. The molecule has 0 fully saturated rings. The maximum atomic E-state index is 12.6. The lowest BCUT2D eigenvalue weighted by atomic mass is 10.1. The van der Waals surface area contributed by atoms with Crippen LogP contribution in [0.15, 0.2) is 24.3 Å². The van der Waals surface area contributed by atoms with Crippen molar-refractivity contribution in [1.29, 1.82) is 0 Å². The molecule has 1 rings (SSSR count). The first-order valence-electron chi connectivity index (χ1n) is 5.07. The van der Waals surface area contributed by atoms with Crippen LogP contribution in [0.1, 0.15) is 24.2 Å². The maximum Gasteiger partial charge on any atom is 0.222 e. The SMILES string of the molecule is CC(C)C(=O)NCC(=O)c1ccc(F)cc1. The summed E-state index contributed by atoms with van der Waals surface area (Å²) in [6.07, 6.45) is 0. The number of benzene rings is 1. The molecule has 0 saturated heterocycles. The van der Waals surface area contributed by atoms with Crippen LogP contribution in [0.3, 0.4) is 0 Å². The number of rotatable bonds is 4. The summed E-state index contributed by atoms with van der Waals surface area (Å²) in [6.45, 7) is 3.44. The summed E-state index contributed by atoms with van der Waals surface area (Å²) in [6, 6.07) is 5.24. The normalized spacial score (nSPS) is 10.2. The molecule has 86 valence electrons. The van der Waals surface area contributed by atoms with Gasteiger partial charge in [0.1, 0.15) is 5.82 Å². The van der Waals surface area contributed by atoms with E-state index in [1.807, 2.05) is 0 Å². The van der Waals surface area contributed by atoms with E-state index in [-0.39, 0.29) is 30.0 Å². The minimum absolute atomic E-state index is 0.0529. The number of nitrogens with one attached hydrogen (secondary N) is 1. The fraction of sp³-hybridized carbons (Fsp3) is 0.333. The zero-order valence-corrected chi connectivity index (χ0v) is 9.29. The van der Waals surface area contributed by atoms with E-state index in [0.29, 0.717) is 5.56 Å². The molecule has 3 nitrogen and oxygen atoms in total. The Kier molecular flexibility index (Phi) is 4.17. The lowest BCUT2D eigenvalue weighted by Crippen LogP contribution is -2.32. The summed E-state index contributed by atoms with van der Waals surface area (Å²) in [5.41, 5.74) is 0.394. The number of hydrogen-bond acceptors (Lipinski definition) is 2. The predicted molar refractivity (Wildman–Crippen MR) is 58.6 cm³/mol. The summed E-state index contributed by atoms with van der Waals surface area (Å²) in [5.74, 6) is -0.937. The molecular weight excluding hydrogens is 209 g/mol. The number of hydrogen-bond donors (Lipinski definition) is 1. The summed E-state index contributed by atoms with van der Waals surface area (Å²) in [4.78, 5) is 22.8. The highest BCUT2D eigenvalue weighted by molar-refractivity contribution is 5.99. The van der Waals surface area contributed by atoms with Gasteiger partial charge in [-0.15, -0.1) is 0 Å². The fourth-order valence-corrected chi connectivity index (χ4v) is 1.11. The van der Waals surface area contributed by atoms with Crippen LogP contribution in [0.5, 0.6) is 0 Å². The molecule has 1 amide bonds. The second-order valence-electron chi connectivity index (χ2n) is 3.80. The van der Waals surface area contributed by atoms with Gasteiger partial charge in [-0.05, 0) is 24.3 Å². The van der Waals surface area contributed by atoms with Crippen LogP contribution in [0.2, 0.25) is 0 Å². The molecule has 0 aliphatic heterocycles. The number of ketones is 1. The monoisotopic (exact) mass is 223 g/mol. The van der Waals surface area contributed by atoms with Gasteiger partial charge in [-0.2, -0.15) is 0 Å². The number of halogens is 1. The van der Waals surface area contributed by atoms with Crippen LogP contribution in [0.25, 0.3) is 0 Å². The first kappa shape index (κ1) is 12.4. The van der Waals surface area contributed by atoms with Crippen LogP contribution < -0.4 is 5.32 Å². The van der Waals surface area contributed by atoms with Gasteiger partial charge in [-0.1, -0.05) is 13.8 Å². The van der Waals surface area contributed by atoms with E-state index in [1.54, 1.807) is 13.8 Å². The molecule has 1 N–H and O–H groups in total. The highest BCUT2D eigenvalue weighted by Crippen LogP contribution is 2.03. The number of carbonyl (C=O) groups is 2. The second-order valence-corrected chi connectivity index (χ2v) is 3.80. The Hall–Kier alpha value is -1.71. The summed E-state index contributed by atoms with van der Waals surface area (Å²) >= 11 is 0. The van der Waals surface area contributed by atoms with Gasteiger partial charge in [-0.25, -0.2) is 4.39 Å². The zero-order valence-electron chi connectivity index (χ0n) is 9.29. The number of amides is 1. The van der Waals surface area contributed by atoms with Crippen molar-refractivity contribution in [2.24, 2.45) is 5.92 Å². The van der Waals surface area contributed by atoms with E-state index < -0.39 is 0 Å². The van der Waals surface area contributed by atoms with Gasteiger partial charge in [-0.3, -0.25) is 9.59 Å². The quantitative estimate of drug-likeness (QED) is 0.791. The molecule has 16 heavy (non-hydrogen) atoms. The standard InChI is InChI=1S/C12H14FNO2/c1-8(2)12(16)14-7-11(15)9-3-5-10(13)6-4-9/h3-6,8H,7H2,1-2H3,(H,14,16). The van der Waals surface area contributed by atoms with Crippen LogP contribution in [-0.2, 0) is 4.79 Å². The summed E-state index contributed by atoms with van der Waals surface area (Å²) < 4.78 is 12.6. The average molecular weight is 223 g/mol. The minimum atomic E-state index is -0.386. The van der Waals surface area contributed by atoms with E-state index in [4.69, 9.17) is 0 Å². The Morgan fingerprint density at radius 3 is 2.31 bits per heavy atom. The first-order chi connectivity index (χ1) is 7.50. The molecule has 0 aromatic heterocycles. The van der Waals surface area contributed by atoms with Crippen molar-refractivity contribution in [3.8, 4) is 0 Å². The zero-order chi connectivity index (χ0) is 12.1. The van der Waals surface area contributed by atoms with Gasteiger partial charge in [0, 0.05) is 11.5 Å². The summed E-state index contributed by atoms with van der Waals surface area (Å²) in [7, 11) is 0. The van der Waals surface area contributed by atoms with Crippen molar-refractivity contribution in [2.45, 2.75) is 13.8 Å². The Balaban J connectivity index is 2.53. The van der Waals surface area contributed by atoms with Gasteiger partial charge in [0.25, 0.3) is 0 Å². The lowest BCUT2D eigenvalue weighted by Gasteiger charge is -2.06. The van der Waals surface area contributed by atoms with E-state index in [2.05, 4.69) is 5.32 Å². The van der Waals surface area contributed by atoms with Gasteiger partial charge < -0.3 is 5.32 Å². The Morgan fingerprint density at radius 1 is 1.25 bits per heavy atom. The van der Waals surface area contributed by atoms with E-state index in [9.17, 15) is 14.0 Å². The predicted octanol–water partition coefficient (Wildman–Crippen LogP) is 1.78. The molecule has 0 saturated carbocycles. The summed E-state index contributed by atoms with van der Waals surface area (Å²) in [5, 5.41) is 2.51. The maximum absolute atomic E-state index is 12.6. The highest BCUT2D eigenvalue weighted by atomic mass is 19.1. The molecule has 0 atom stereocenters. The first-order valence-corrected chi connectivity index (χ1v) is 5.07. The van der Waals surface area contributed by atoms with Crippen LogP contribution >= 0.6 is 0 Å².